The van der Waals surface area contributed by atoms with E-state index in [-0.39, 0.29) is 44.4 Å². The Morgan fingerprint density at radius 1 is 1.12 bits per heavy atom. The molecule has 41 heavy (non-hydrogen) atoms. The first-order valence-electron chi connectivity index (χ1n) is 14.6. The number of hydrogen-bond acceptors (Lipinski definition) is 7. The highest BCUT2D eigenvalue weighted by molar-refractivity contribution is 6.06. The van der Waals surface area contributed by atoms with Crippen LogP contribution in [0.4, 0.5) is 14.6 Å². The third-order valence-electron chi connectivity index (χ3n) is 8.28. The van der Waals surface area contributed by atoms with Gasteiger partial charge in [0, 0.05) is 75.8 Å². The van der Waals surface area contributed by atoms with Gasteiger partial charge in [0.1, 0.15) is 11.6 Å². The Labute approximate surface area is 240 Å². The molecule has 0 saturated carbocycles. The summed E-state index contributed by atoms with van der Waals surface area (Å²) in [7, 11) is 0. The predicted molar refractivity (Wildman–Crippen MR) is 159 cm³/mol. The van der Waals surface area contributed by atoms with Gasteiger partial charge in [-0.25, -0.2) is 18.8 Å². The van der Waals surface area contributed by atoms with Crippen molar-refractivity contribution in [2.24, 2.45) is 4.99 Å². The van der Waals surface area contributed by atoms with Crippen molar-refractivity contribution in [3.63, 3.8) is 0 Å². The maximum absolute atomic E-state index is 14.0. The molecule has 1 amide bonds. The van der Waals surface area contributed by atoms with Crippen LogP contribution in [0.3, 0.4) is 0 Å². The third kappa shape index (κ3) is 7.11. The Hall–Kier alpha value is -3.37. The summed E-state index contributed by atoms with van der Waals surface area (Å²) < 4.78 is 33.5. The highest BCUT2D eigenvalue weighted by atomic mass is 19.3. The molecule has 1 atom stereocenters. The zero-order valence-electron chi connectivity index (χ0n) is 23.8. The number of nitrogens with zero attached hydrogens (tertiary/aromatic N) is 5. The molecular weight excluding hydrogens is 526 g/mol. The number of piperidine rings is 1. The lowest BCUT2D eigenvalue weighted by Crippen LogP contribution is -2.50. The van der Waals surface area contributed by atoms with Gasteiger partial charge in [-0.05, 0) is 49.6 Å². The summed E-state index contributed by atoms with van der Waals surface area (Å²) in [6.07, 6.45) is 5.60. The van der Waals surface area contributed by atoms with Gasteiger partial charge >= 0.3 is 0 Å². The van der Waals surface area contributed by atoms with Gasteiger partial charge in [-0.1, -0.05) is 18.7 Å². The number of alkyl halides is 2. The third-order valence-corrected chi connectivity index (χ3v) is 8.28. The molecule has 5 rings (SSSR count). The lowest BCUT2D eigenvalue weighted by molar-refractivity contribution is -0.0598. The topological polar surface area (TPSA) is 73.3 Å². The first-order chi connectivity index (χ1) is 19.8. The monoisotopic (exact) mass is 566 g/mol. The number of ether oxygens (including phenoxy) is 1. The number of benzene rings is 1. The van der Waals surface area contributed by atoms with E-state index in [0.717, 1.165) is 61.3 Å². The number of pyridine rings is 1. The van der Waals surface area contributed by atoms with E-state index in [9.17, 15) is 13.6 Å². The number of carbonyl (C=O) groups is 1. The molecule has 0 radical (unpaired) electrons. The van der Waals surface area contributed by atoms with Gasteiger partial charge in [-0.15, -0.1) is 0 Å². The Morgan fingerprint density at radius 3 is 2.56 bits per heavy atom. The molecule has 1 unspecified atom stereocenters. The summed E-state index contributed by atoms with van der Waals surface area (Å²) in [5, 5.41) is 3.88. The molecule has 1 N–H and O–H groups in total. The van der Waals surface area contributed by atoms with E-state index in [1.54, 1.807) is 12.3 Å². The number of fused-ring (bicyclic) bond motifs is 1. The van der Waals surface area contributed by atoms with Crippen molar-refractivity contribution >= 4 is 28.8 Å². The summed E-state index contributed by atoms with van der Waals surface area (Å²) in [4.78, 5) is 29.3. The van der Waals surface area contributed by atoms with Crippen molar-refractivity contribution < 1.29 is 18.3 Å². The fourth-order valence-electron chi connectivity index (χ4n) is 5.77. The van der Waals surface area contributed by atoms with Crippen molar-refractivity contribution in [1.29, 1.82) is 0 Å². The van der Waals surface area contributed by atoms with Gasteiger partial charge in [0.25, 0.3) is 11.8 Å². The number of halogens is 2. The minimum absolute atomic E-state index is 0.208. The number of nitrogens with one attached hydrogen (secondary N) is 1. The van der Waals surface area contributed by atoms with Crippen molar-refractivity contribution in [2.75, 3.05) is 63.9 Å². The van der Waals surface area contributed by atoms with E-state index in [2.05, 4.69) is 26.7 Å². The first-order valence-corrected chi connectivity index (χ1v) is 14.6. The molecule has 1 aromatic heterocycles. The number of rotatable bonds is 9. The van der Waals surface area contributed by atoms with Crippen molar-refractivity contribution in [2.45, 2.75) is 44.6 Å². The minimum atomic E-state index is -2.66. The second kappa shape index (κ2) is 13.1. The van der Waals surface area contributed by atoms with Crippen LogP contribution in [0.1, 0.15) is 43.0 Å². The minimum Gasteiger partial charge on any atom is -0.378 e. The van der Waals surface area contributed by atoms with E-state index >= 15 is 0 Å². The van der Waals surface area contributed by atoms with Crippen LogP contribution in [0.5, 0.6) is 0 Å². The Bertz CT molecular complexity index is 1290. The Kier molecular flexibility index (Phi) is 9.29. The van der Waals surface area contributed by atoms with Crippen LogP contribution in [0, 0.1) is 0 Å². The summed E-state index contributed by atoms with van der Waals surface area (Å²) in [5.74, 6) is -1.31. The number of aliphatic imine (C=N–C) groups is 1. The van der Waals surface area contributed by atoms with Crippen LogP contribution >= 0.6 is 0 Å². The van der Waals surface area contributed by atoms with E-state index < -0.39 is 5.92 Å². The fraction of sp³-hybridized carbons (Fsp3) is 0.516. The lowest BCUT2D eigenvalue weighted by Gasteiger charge is -2.38. The molecule has 3 aliphatic rings. The van der Waals surface area contributed by atoms with E-state index in [0.29, 0.717) is 24.6 Å². The quantitative estimate of drug-likeness (QED) is 0.451. The highest BCUT2D eigenvalue weighted by Gasteiger charge is 2.37. The zero-order valence-corrected chi connectivity index (χ0v) is 23.8. The SMILES string of the molecule is C=C(N=C/C(=C\C)C(CNC(=O)c1cccc2nc(N3CCCC3)ccc12)N1CCC(F)(F)CC1)N1CCOCC1. The molecule has 0 bridgehead atoms. The molecule has 1 aromatic carbocycles. The van der Waals surface area contributed by atoms with Crippen molar-refractivity contribution in [1.82, 2.24) is 20.1 Å². The van der Waals surface area contributed by atoms with Crippen LogP contribution in [0.2, 0.25) is 0 Å². The van der Waals surface area contributed by atoms with Gasteiger partial charge in [0.2, 0.25) is 0 Å². The number of likely N-dealkylation sites (tertiary alicyclic amines) is 1. The summed E-state index contributed by atoms with van der Waals surface area (Å²) in [5.41, 5.74) is 2.17. The van der Waals surface area contributed by atoms with Crippen LogP contribution in [0.25, 0.3) is 10.9 Å². The Balaban J connectivity index is 1.32. The number of anilines is 1. The molecule has 2 aromatic rings. The normalized spacial score (nSPS) is 21.0. The van der Waals surface area contributed by atoms with Crippen LogP contribution in [-0.2, 0) is 4.74 Å². The van der Waals surface area contributed by atoms with Gasteiger partial charge < -0.3 is 19.9 Å². The zero-order chi connectivity index (χ0) is 28.8. The average molecular weight is 567 g/mol. The highest BCUT2D eigenvalue weighted by Crippen LogP contribution is 2.30. The molecule has 10 heteroatoms. The van der Waals surface area contributed by atoms with Crippen LogP contribution < -0.4 is 10.2 Å². The number of allylic oxidation sites excluding steroid dienone is 1. The standard InChI is InChI=1S/C31H40F2N6O2/c1-3-24(21-34-23(2)37-17-19-41-20-18-37)28(38-15-11-31(32,33)12-16-38)22-35-30(40)26-7-6-8-27-25(26)9-10-29(36-27)39-13-4-5-14-39/h3,6-10,21,28H,2,4-5,11-20,22H2,1H3,(H,35,40)/b24-3+,34-21?. The van der Waals surface area contributed by atoms with Crippen molar-refractivity contribution in [3.8, 4) is 0 Å². The average Bonchev–Trinajstić information content (AvgIpc) is 3.54. The van der Waals surface area contributed by atoms with E-state index in [1.807, 2.05) is 42.2 Å². The molecule has 3 fully saturated rings. The molecule has 0 spiro atoms. The predicted octanol–water partition coefficient (Wildman–Crippen LogP) is 4.49. The van der Waals surface area contributed by atoms with Crippen molar-refractivity contribution in [3.05, 3.63) is 59.9 Å². The molecule has 3 aliphatic heterocycles. The number of hydrogen-bond donors (Lipinski definition) is 1. The molecule has 4 heterocycles. The second-order valence-corrected chi connectivity index (χ2v) is 10.9. The fourth-order valence-corrected chi connectivity index (χ4v) is 5.77. The number of morpholine rings is 1. The summed E-state index contributed by atoms with van der Waals surface area (Å²) >= 11 is 0. The molecule has 0 aliphatic carbocycles. The maximum atomic E-state index is 14.0. The largest absolute Gasteiger partial charge is 0.378 e. The molecule has 3 saturated heterocycles. The number of carbonyl (C=O) groups excluding carboxylic acids is 1. The lowest BCUT2D eigenvalue weighted by atomic mass is 9.99. The van der Waals surface area contributed by atoms with E-state index in [1.165, 1.54) is 0 Å². The second-order valence-electron chi connectivity index (χ2n) is 10.9. The molecule has 220 valence electrons. The van der Waals surface area contributed by atoms with Gasteiger partial charge in [-0.3, -0.25) is 9.69 Å². The van der Waals surface area contributed by atoms with Crippen LogP contribution in [-0.4, -0.2) is 97.9 Å². The number of aromatic nitrogens is 1. The van der Waals surface area contributed by atoms with E-state index in [4.69, 9.17) is 9.72 Å². The van der Waals surface area contributed by atoms with Gasteiger partial charge in [-0.2, -0.15) is 0 Å². The summed E-state index contributed by atoms with van der Waals surface area (Å²) in [6.45, 7) is 11.4. The Morgan fingerprint density at radius 2 is 1.85 bits per heavy atom. The summed E-state index contributed by atoms with van der Waals surface area (Å²) in [6, 6.07) is 9.22. The van der Waals surface area contributed by atoms with Gasteiger partial charge in [0.15, 0.2) is 0 Å². The van der Waals surface area contributed by atoms with Gasteiger partial charge in [0.05, 0.1) is 24.8 Å². The molecular formula is C31H40F2N6O2. The maximum Gasteiger partial charge on any atom is 0.252 e. The number of amides is 1. The van der Waals surface area contributed by atoms with Crippen LogP contribution in [0.15, 0.2) is 59.4 Å². The smallest absolute Gasteiger partial charge is 0.252 e. The molecule has 8 nitrogen and oxygen atoms in total. The first kappa shape index (κ1) is 29.1.